The molecule has 0 amide bonds. The van der Waals surface area contributed by atoms with E-state index in [0.29, 0.717) is 10.7 Å². The van der Waals surface area contributed by atoms with E-state index in [-0.39, 0.29) is 11.1 Å². The lowest BCUT2D eigenvalue weighted by Gasteiger charge is -2.05. The average molecular weight is 314 g/mol. The number of nitrogens with one attached hydrogen (secondary N) is 1. The lowest BCUT2D eigenvalue weighted by Crippen LogP contribution is -2.13. The van der Waals surface area contributed by atoms with Gasteiger partial charge in [-0.3, -0.25) is 4.72 Å². The highest BCUT2D eigenvalue weighted by molar-refractivity contribution is 7.92. The van der Waals surface area contributed by atoms with E-state index in [1.54, 1.807) is 11.5 Å². The maximum atomic E-state index is 12.3. The zero-order valence-electron chi connectivity index (χ0n) is 11.9. The standard InChI is InChI=1S/C12H18N4O2S2/c1-5-10-14-9(4)12(19-10)15-20(17,18)11-6-16(7-13-11)8(2)3/h6-8,15H,5H2,1-4H3. The molecule has 2 rings (SSSR count). The van der Waals surface area contributed by atoms with Crippen LogP contribution >= 0.6 is 11.3 Å². The number of hydrogen-bond donors (Lipinski definition) is 1. The van der Waals surface area contributed by atoms with Gasteiger partial charge in [0.25, 0.3) is 10.0 Å². The second-order valence-corrected chi connectivity index (χ2v) is 7.45. The number of aryl methyl sites for hydroxylation is 2. The number of imidazole rings is 1. The van der Waals surface area contributed by atoms with E-state index in [2.05, 4.69) is 14.7 Å². The van der Waals surface area contributed by atoms with Crippen LogP contribution in [-0.2, 0) is 16.4 Å². The number of rotatable bonds is 5. The molecule has 0 bridgehead atoms. The first-order valence-electron chi connectivity index (χ1n) is 6.36. The Bertz CT molecular complexity index is 701. The van der Waals surface area contributed by atoms with Crippen molar-refractivity contribution in [3.8, 4) is 0 Å². The van der Waals surface area contributed by atoms with Gasteiger partial charge in [-0.15, -0.1) is 11.3 Å². The molecule has 0 radical (unpaired) electrons. The van der Waals surface area contributed by atoms with Gasteiger partial charge in [0, 0.05) is 12.2 Å². The number of nitrogens with zero attached hydrogens (tertiary/aromatic N) is 3. The monoisotopic (exact) mass is 314 g/mol. The molecule has 110 valence electrons. The lowest BCUT2D eigenvalue weighted by atomic mass is 10.4. The quantitative estimate of drug-likeness (QED) is 0.920. The summed E-state index contributed by atoms with van der Waals surface area (Å²) in [6.45, 7) is 7.71. The van der Waals surface area contributed by atoms with Gasteiger partial charge in [-0.05, 0) is 27.2 Å². The second-order valence-electron chi connectivity index (χ2n) is 4.73. The van der Waals surface area contributed by atoms with Crippen LogP contribution in [0.2, 0.25) is 0 Å². The van der Waals surface area contributed by atoms with Gasteiger partial charge >= 0.3 is 0 Å². The van der Waals surface area contributed by atoms with Crippen molar-refractivity contribution in [2.75, 3.05) is 4.72 Å². The summed E-state index contributed by atoms with van der Waals surface area (Å²) >= 11 is 1.36. The van der Waals surface area contributed by atoms with E-state index in [1.807, 2.05) is 20.8 Å². The summed E-state index contributed by atoms with van der Waals surface area (Å²) in [6, 6.07) is 0.170. The van der Waals surface area contributed by atoms with Crippen molar-refractivity contribution >= 4 is 26.4 Å². The Morgan fingerprint density at radius 1 is 1.45 bits per heavy atom. The number of anilines is 1. The summed E-state index contributed by atoms with van der Waals surface area (Å²) in [6.07, 6.45) is 3.84. The van der Waals surface area contributed by atoms with Crippen LogP contribution in [0.1, 0.15) is 37.5 Å². The molecule has 20 heavy (non-hydrogen) atoms. The van der Waals surface area contributed by atoms with Crippen LogP contribution in [0.4, 0.5) is 5.00 Å². The third-order valence-corrected chi connectivity index (χ3v) is 5.40. The summed E-state index contributed by atoms with van der Waals surface area (Å²) < 4.78 is 28.9. The summed E-state index contributed by atoms with van der Waals surface area (Å²) in [5, 5.41) is 1.49. The van der Waals surface area contributed by atoms with Gasteiger partial charge in [-0.2, -0.15) is 8.42 Å². The summed E-state index contributed by atoms with van der Waals surface area (Å²) in [5.41, 5.74) is 0.693. The molecule has 0 saturated heterocycles. The first kappa shape index (κ1) is 15.0. The Hall–Kier alpha value is -1.41. The van der Waals surface area contributed by atoms with E-state index < -0.39 is 10.0 Å². The van der Waals surface area contributed by atoms with Crippen LogP contribution in [-0.4, -0.2) is 23.0 Å². The first-order chi connectivity index (χ1) is 9.33. The van der Waals surface area contributed by atoms with Crippen molar-refractivity contribution in [2.45, 2.75) is 45.2 Å². The normalized spacial score (nSPS) is 12.1. The van der Waals surface area contributed by atoms with Gasteiger partial charge in [0.2, 0.25) is 0 Å². The fourth-order valence-corrected chi connectivity index (χ4v) is 3.81. The predicted octanol–water partition coefficient (Wildman–Crippen LogP) is 2.59. The Morgan fingerprint density at radius 3 is 2.65 bits per heavy atom. The number of sulfonamides is 1. The fraction of sp³-hybridized carbons (Fsp3) is 0.500. The second kappa shape index (κ2) is 5.53. The molecule has 0 atom stereocenters. The Balaban J connectivity index is 2.28. The molecule has 0 aliphatic rings. The van der Waals surface area contributed by atoms with Crippen LogP contribution in [0.15, 0.2) is 17.6 Å². The number of aromatic nitrogens is 3. The minimum atomic E-state index is -3.65. The minimum absolute atomic E-state index is 0.0250. The fourth-order valence-electron chi connectivity index (χ4n) is 1.61. The molecule has 0 saturated carbocycles. The smallest absolute Gasteiger partial charge is 0.281 e. The molecule has 8 heteroatoms. The van der Waals surface area contributed by atoms with Crippen LogP contribution in [0.5, 0.6) is 0 Å². The Kier molecular flexibility index (Phi) is 4.14. The molecular formula is C12H18N4O2S2. The zero-order valence-corrected chi connectivity index (χ0v) is 13.5. The highest BCUT2D eigenvalue weighted by Crippen LogP contribution is 2.26. The summed E-state index contributed by atoms with van der Waals surface area (Å²) in [7, 11) is -3.65. The molecule has 2 heterocycles. The molecule has 2 aromatic rings. The minimum Gasteiger partial charge on any atom is -0.334 e. The topological polar surface area (TPSA) is 76.9 Å². The van der Waals surface area contributed by atoms with Crippen molar-refractivity contribution in [2.24, 2.45) is 0 Å². The summed E-state index contributed by atoms with van der Waals surface area (Å²) in [4.78, 5) is 8.26. The molecule has 0 aromatic carbocycles. The molecule has 0 unspecified atom stereocenters. The average Bonchev–Trinajstić information content (AvgIpc) is 2.97. The van der Waals surface area contributed by atoms with E-state index in [1.165, 1.54) is 23.9 Å². The molecule has 0 aliphatic carbocycles. The van der Waals surface area contributed by atoms with Gasteiger partial charge < -0.3 is 4.57 Å². The van der Waals surface area contributed by atoms with Gasteiger partial charge in [-0.25, -0.2) is 9.97 Å². The van der Waals surface area contributed by atoms with Crippen LogP contribution in [0, 0.1) is 6.92 Å². The highest BCUT2D eigenvalue weighted by Gasteiger charge is 2.20. The molecule has 2 aromatic heterocycles. The molecular weight excluding hydrogens is 296 g/mol. The molecule has 0 spiro atoms. The third-order valence-electron chi connectivity index (χ3n) is 2.82. The van der Waals surface area contributed by atoms with Crippen LogP contribution in [0.25, 0.3) is 0 Å². The van der Waals surface area contributed by atoms with E-state index in [0.717, 1.165) is 11.4 Å². The Morgan fingerprint density at radius 2 is 2.15 bits per heavy atom. The molecule has 0 fully saturated rings. The third kappa shape index (κ3) is 3.01. The predicted molar refractivity (Wildman–Crippen MR) is 79.6 cm³/mol. The molecule has 6 nitrogen and oxygen atoms in total. The molecule has 1 N–H and O–H groups in total. The van der Waals surface area contributed by atoms with Crippen LogP contribution < -0.4 is 4.72 Å². The largest absolute Gasteiger partial charge is 0.334 e. The van der Waals surface area contributed by atoms with E-state index >= 15 is 0 Å². The van der Waals surface area contributed by atoms with Gasteiger partial charge in [0.15, 0.2) is 5.03 Å². The van der Waals surface area contributed by atoms with Crippen molar-refractivity contribution in [3.63, 3.8) is 0 Å². The maximum Gasteiger partial charge on any atom is 0.281 e. The van der Waals surface area contributed by atoms with Crippen molar-refractivity contribution < 1.29 is 8.42 Å². The van der Waals surface area contributed by atoms with Gasteiger partial charge in [0.05, 0.1) is 17.0 Å². The molecule has 0 aliphatic heterocycles. The maximum absolute atomic E-state index is 12.3. The Labute approximate surface area is 122 Å². The lowest BCUT2D eigenvalue weighted by molar-refractivity contribution is 0.592. The zero-order chi connectivity index (χ0) is 14.9. The van der Waals surface area contributed by atoms with Gasteiger partial charge in [0.1, 0.15) is 5.00 Å². The van der Waals surface area contributed by atoms with E-state index in [4.69, 9.17) is 0 Å². The number of hydrogen-bond acceptors (Lipinski definition) is 5. The van der Waals surface area contributed by atoms with Crippen molar-refractivity contribution in [3.05, 3.63) is 23.2 Å². The van der Waals surface area contributed by atoms with Gasteiger partial charge in [-0.1, -0.05) is 6.92 Å². The first-order valence-corrected chi connectivity index (χ1v) is 8.66. The SMILES string of the molecule is CCc1nc(C)c(NS(=O)(=O)c2cn(C(C)C)cn2)s1. The highest BCUT2D eigenvalue weighted by atomic mass is 32.2. The summed E-state index contributed by atoms with van der Waals surface area (Å²) in [5.74, 6) is 0. The number of thiazole rings is 1. The van der Waals surface area contributed by atoms with E-state index in [9.17, 15) is 8.42 Å². The van der Waals surface area contributed by atoms with Crippen LogP contribution in [0.3, 0.4) is 0 Å². The van der Waals surface area contributed by atoms with Crippen molar-refractivity contribution in [1.29, 1.82) is 0 Å². The van der Waals surface area contributed by atoms with Crippen molar-refractivity contribution in [1.82, 2.24) is 14.5 Å².